The summed E-state index contributed by atoms with van der Waals surface area (Å²) in [5, 5.41) is 24.2. The van der Waals surface area contributed by atoms with Crippen LogP contribution in [-0.2, 0) is 34.9 Å². The molecule has 1 aliphatic carbocycles. The number of aliphatic hydroxyl groups is 2. The highest BCUT2D eigenvalue weighted by Crippen LogP contribution is 2.46. The van der Waals surface area contributed by atoms with Crippen molar-refractivity contribution in [2.45, 2.75) is 52.2 Å². The molecule has 4 aromatic rings. The second-order valence-corrected chi connectivity index (χ2v) is 15.2. The van der Waals surface area contributed by atoms with E-state index in [1.165, 1.54) is 0 Å². The second kappa shape index (κ2) is 20.1. The lowest BCUT2D eigenvalue weighted by Gasteiger charge is -2.37. The molecule has 14 heteroatoms. The zero-order valence-corrected chi connectivity index (χ0v) is 35.3. The number of aliphatic hydroxyl groups excluding tert-OH is 2. The van der Waals surface area contributed by atoms with Gasteiger partial charge in [-0.1, -0.05) is 42.3 Å². The molecule has 2 heterocycles. The average molecular weight is 850 g/mol. The molecule has 2 aliphatic rings. The topological polar surface area (TPSA) is 138 Å². The third-order valence-electron chi connectivity index (χ3n) is 10.6. The van der Waals surface area contributed by atoms with Crippen molar-refractivity contribution in [3.8, 4) is 5.75 Å². The Bertz CT molecular complexity index is 2210. The lowest BCUT2D eigenvalue weighted by molar-refractivity contribution is -0.144. The van der Waals surface area contributed by atoms with E-state index in [2.05, 4.69) is 6.92 Å². The summed E-state index contributed by atoms with van der Waals surface area (Å²) in [6, 6.07) is 19.0. The Morgan fingerprint density at radius 1 is 0.831 bits per heavy atom. The van der Waals surface area contributed by atoms with Gasteiger partial charge in [-0.05, 0) is 97.3 Å². The van der Waals surface area contributed by atoms with Gasteiger partial charge < -0.3 is 43.5 Å². The number of nitrogens with zero attached hydrogens (tertiary/aromatic N) is 2. The van der Waals surface area contributed by atoms with Gasteiger partial charge in [0.2, 0.25) is 0 Å². The molecular weight excluding hydrogens is 799 g/mol. The number of halogens is 2. The molecule has 314 valence electrons. The molecule has 0 fully saturated rings. The molecule has 1 aromatic heterocycles. The molecule has 0 saturated carbocycles. The highest BCUT2D eigenvalue weighted by atomic mass is 35.5. The lowest BCUT2D eigenvalue weighted by Crippen LogP contribution is -2.39. The van der Waals surface area contributed by atoms with Crippen LogP contribution in [0.5, 0.6) is 5.75 Å². The Balaban J connectivity index is 0.930. The maximum Gasteiger partial charge on any atom is 0.310 e. The molecule has 3 aromatic carbocycles. The summed E-state index contributed by atoms with van der Waals surface area (Å²) in [7, 11) is 3.18. The van der Waals surface area contributed by atoms with E-state index in [1.54, 1.807) is 73.4 Å². The number of hydrogen-bond acceptors (Lipinski definition) is 11. The van der Waals surface area contributed by atoms with Crippen molar-refractivity contribution in [1.82, 2.24) is 9.47 Å². The number of benzene rings is 3. The minimum absolute atomic E-state index is 0.00367. The SMILES string of the molecule is COC1=CC(C)C2C(=C1)C(CC(=O)OCCOCCOCCOC(O)Cc1c(C)n(C(=O)c3ccc(Cl)cc3)c3ccc(OC)cc13)=C(C)N2C(O)c1ccc(Cl)cc1. The summed E-state index contributed by atoms with van der Waals surface area (Å²) < 4.78 is 35.0. The molecule has 2 N–H and O–H groups in total. The van der Waals surface area contributed by atoms with Crippen LogP contribution in [0.3, 0.4) is 0 Å². The van der Waals surface area contributed by atoms with Gasteiger partial charge in [0.1, 0.15) is 18.1 Å². The van der Waals surface area contributed by atoms with E-state index < -0.39 is 18.5 Å². The number of fused-ring (bicyclic) bond motifs is 2. The molecule has 12 nitrogen and oxygen atoms in total. The van der Waals surface area contributed by atoms with E-state index in [-0.39, 0.29) is 70.3 Å². The Morgan fingerprint density at radius 2 is 1.47 bits per heavy atom. The first kappa shape index (κ1) is 43.9. The molecule has 4 unspecified atom stereocenters. The van der Waals surface area contributed by atoms with Crippen molar-refractivity contribution in [3.63, 3.8) is 0 Å². The van der Waals surface area contributed by atoms with Crippen molar-refractivity contribution < 1.29 is 48.2 Å². The molecule has 0 spiro atoms. The Labute approximate surface area is 354 Å². The normalized spacial score (nSPS) is 17.4. The van der Waals surface area contributed by atoms with Crippen molar-refractivity contribution in [2.24, 2.45) is 5.92 Å². The smallest absolute Gasteiger partial charge is 0.310 e. The fraction of sp³-hybridized carbons (Fsp3) is 0.378. The number of carbonyl (C=O) groups is 2. The standard InChI is InChI=1S/C45H50Cl2N2O10/c1-27-22-35(55-5)24-39-37(29(3)49(43(27)39)45(53)31-8-12-33(47)13-9-31)26-42(51)59-21-19-57-17-16-56-18-20-58-41(50)25-36-28(2)48(40-15-14-34(54-4)23-38(36)40)44(52)30-6-10-32(46)11-7-30/h6-15,22-24,27,41,43,45,50,53H,16-21,25-26H2,1-5H3. The quantitative estimate of drug-likeness (QED) is 0.0550. The summed E-state index contributed by atoms with van der Waals surface area (Å²) in [5.74, 6) is 0.691. The third-order valence-corrected chi connectivity index (χ3v) is 11.1. The number of rotatable bonds is 19. The number of esters is 1. The first-order valence-corrected chi connectivity index (χ1v) is 20.2. The van der Waals surface area contributed by atoms with Gasteiger partial charge in [-0.3, -0.25) is 14.2 Å². The van der Waals surface area contributed by atoms with Crippen LogP contribution in [0, 0.1) is 12.8 Å². The van der Waals surface area contributed by atoms with Gasteiger partial charge in [0.25, 0.3) is 5.91 Å². The van der Waals surface area contributed by atoms with Crippen LogP contribution in [-0.4, -0.2) is 97.7 Å². The monoisotopic (exact) mass is 848 g/mol. The summed E-state index contributed by atoms with van der Waals surface area (Å²) in [6.45, 7) is 6.92. The lowest BCUT2D eigenvalue weighted by atomic mass is 9.86. The van der Waals surface area contributed by atoms with Crippen LogP contribution in [0.2, 0.25) is 10.0 Å². The van der Waals surface area contributed by atoms with Crippen LogP contribution in [0.25, 0.3) is 10.9 Å². The number of carbonyl (C=O) groups excluding carboxylic acids is 2. The van der Waals surface area contributed by atoms with E-state index in [4.69, 9.17) is 51.6 Å². The molecule has 6 rings (SSSR count). The van der Waals surface area contributed by atoms with Crippen molar-refractivity contribution in [2.75, 3.05) is 53.9 Å². The maximum atomic E-state index is 13.6. The van der Waals surface area contributed by atoms with Crippen LogP contribution < -0.4 is 4.74 Å². The molecule has 0 amide bonds. The molecule has 0 saturated heterocycles. The zero-order valence-electron chi connectivity index (χ0n) is 33.8. The molecule has 0 radical (unpaired) electrons. The van der Waals surface area contributed by atoms with E-state index in [9.17, 15) is 19.8 Å². The average Bonchev–Trinajstić information content (AvgIpc) is 3.66. The van der Waals surface area contributed by atoms with E-state index in [0.29, 0.717) is 43.9 Å². The van der Waals surface area contributed by atoms with E-state index in [1.807, 2.05) is 43.0 Å². The fourth-order valence-corrected chi connectivity index (χ4v) is 7.94. The Morgan fingerprint density at radius 3 is 2.14 bits per heavy atom. The van der Waals surface area contributed by atoms with Gasteiger partial charge in [0.05, 0.1) is 65.2 Å². The Hall–Kier alpha value is -4.66. The first-order chi connectivity index (χ1) is 28.4. The van der Waals surface area contributed by atoms with Crippen LogP contribution >= 0.6 is 23.2 Å². The third kappa shape index (κ3) is 10.2. The maximum absolute atomic E-state index is 13.6. The number of allylic oxidation sites excluding steroid dienone is 2. The van der Waals surface area contributed by atoms with Gasteiger partial charge in [0.15, 0.2) is 12.5 Å². The van der Waals surface area contributed by atoms with Crippen molar-refractivity contribution in [1.29, 1.82) is 0 Å². The minimum Gasteiger partial charge on any atom is -0.497 e. The minimum atomic E-state index is -1.15. The second-order valence-electron chi connectivity index (χ2n) is 14.3. The van der Waals surface area contributed by atoms with Gasteiger partial charge in [-0.2, -0.15) is 0 Å². The molecule has 59 heavy (non-hydrogen) atoms. The van der Waals surface area contributed by atoms with Gasteiger partial charge in [-0.25, -0.2) is 0 Å². The first-order valence-electron chi connectivity index (χ1n) is 19.4. The van der Waals surface area contributed by atoms with Crippen LogP contribution in [0.15, 0.2) is 101 Å². The number of ether oxygens (including phenoxy) is 6. The zero-order chi connectivity index (χ0) is 42.2. The van der Waals surface area contributed by atoms with Crippen LogP contribution in [0.4, 0.5) is 0 Å². The summed E-state index contributed by atoms with van der Waals surface area (Å²) in [6.07, 6.45) is 2.00. The highest BCUT2D eigenvalue weighted by Gasteiger charge is 2.42. The predicted octanol–water partition coefficient (Wildman–Crippen LogP) is 7.55. The number of aromatic nitrogens is 1. The van der Waals surface area contributed by atoms with Gasteiger partial charge >= 0.3 is 5.97 Å². The highest BCUT2D eigenvalue weighted by molar-refractivity contribution is 6.31. The molecular formula is C45H50Cl2N2O10. The fourth-order valence-electron chi connectivity index (χ4n) is 7.69. The summed E-state index contributed by atoms with van der Waals surface area (Å²) in [5.41, 5.74) is 5.78. The van der Waals surface area contributed by atoms with Crippen molar-refractivity contribution in [3.05, 3.63) is 134 Å². The van der Waals surface area contributed by atoms with Gasteiger partial charge in [-0.15, -0.1) is 0 Å². The predicted molar refractivity (Wildman–Crippen MR) is 224 cm³/mol. The Kier molecular flexibility index (Phi) is 14.9. The number of methoxy groups -OCH3 is 2. The van der Waals surface area contributed by atoms with E-state index >= 15 is 0 Å². The summed E-state index contributed by atoms with van der Waals surface area (Å²) in [4.78, 5) is 28.6. The summed E-state index contributed by atoms with van der Waals surface area (Å²) >= 11 is 12.1. The largest absolute Gasteiger partial charge is 0.497 e. The molecule has 4 atom stereocenters. The van der Waals surface area contributed by atoms with Gasteiger partial charge in [0, 0.05) is 50.3 Å². The number of hydrogen-bond donors (Lipinski definition) is 2. The molecule has 0 bridgehead atoms. The van der Waals surface area contributed by atoms with Crippen LogP contribution in [0.1, 0.15) is 53.7 Å². The molecule has 1 aliphatic heterocycles. The van der Waals surface area contributed by atoms with E-state index in [0.717, 1.165) is 27.8 Å². The van der Waals surface area contributed by atoms with Crippen molar-refractivity contribution >= 4 is 46.0 Å².